The smallest absolute Gasteiger partial charge is 0.326 e. The highest BCUT2D eigenvalue weighted by Crippen LogP contribution is 2.10. The van der Waals surface area contributed by atoms with Crippen LogP contribution in [-0.2, 0) is 20.8 Å². The van der Waals surface area contributed by atoms with E-state index < -0.39 is 23.9 Å². The van der Waals surface area contributed by atoms with Crippen molar-refractivity contribution in [1.29, 1.82) is 0 Å². The molecule has 0 saturated heterocycles. The van der Waals surface area contributed by atoms with Crippen molar-refractivity contribution in [2.75, 3.05) is 0 Å². The van der Waals surface area contributed by atoms with Crippen LogP contribution in [-0.4, -0.2) is 34.1 Å². The molecule has 21 heavy (non-hydrogen) atoms. The Kier molecular flexibility index (Phi) is 5.90. The monoisotopic (exact) mass is 293 g/mol. The summed E-state index contributed by atoms with van der Waals surface area (Å²) < 4.78 is 0. The van der Waals surface area contributed by atoms with Crippen molar-refractivity contribution in [1.82, 2.24) is 5.32 Å². The van der Waals surface area contributed by atoms with E-state index in [9.17, 15) is 14.4 Å². The van der Waals surface area contributed by atoms with E-state index in [4.69, 9.17) is 10.2 Å². The van der Waals surface area contributed by atoms with Gasteiger partial charge < -0.3 is 15.5 Å². The van der Waals surface area contributed by atoms with Crippen molar-refractivity contribution < 1.29 is 24.6 Å². The largest absolute Gasteiger partial charge is 0.481 e. The molecule has 1 aromatic carbocycles. The topological polar surface area (TPSA) is 104 Å². The van der Waals surface area contributed by atoms with E-state index in [1.165, 1.54) is 0 Å². The van der Waals surface area contributed by atoms with Crippen LogP contribution in [0, 0.1) is 13.8 Å². The van der Waals surface area contributed by atoms with Crippen molar-refractivity contribution in [3.8, 4) is 0 Å². The van der Waals surface area contributed by atoms with E-state index in [1.54, 1.807) is 0 Å². The van der Waals surface area contributed by atoms with Crippen molar-refractivity contribution in [2.45, 2.75) is 39.2 Å². The van der Waals surface area contributed by atoms with Crippen LogP contribution < -0.4 is 5.32 Å². The average molecular weight is 293 g/mol. The van der Waals surface area contributed by atoms with Crippen molar-refractivity contribution >= 4 is 17.8 Å². The number of carboxylic acid groups (broad SMARTS) is 2. The molecule has 1 aromatic rings. The Labute approximate surface area is 122 Å². The first-order valence-electron chi connectivity index (χ1n) is 6.59. The van der Waals surface area contributed by atoms with Crippen LogP contribution in [0.1, 0.15) is 29.5 Å². The molecule has 0 unspecified atom stereocenters. The third kappa shape index (κ3) is 5.64. The van der Waals surface area contributed by atoms with Crippen LogP contribution in [0.4, 0.5) is 0 Å². The minimum Gasteiger partial charge on any atom is -0.481 e. The van der Waals surface area contributed by atoms with E-state index in [0.29, 0.717) is 0 Å². The lowest BCUT2D eigenvalue weighted by atomic mass is 10.0. The lowest BCUT2D eigenvalue weighted by molar-refractivity contribution is -0.143. The Morgan fingerprint density at radius 1 is 1.14 bits per heavy atom. The summed E-state index contributed by atoms with van der Waals surface area (Å²) in [5, 5.41) is 19.9. The Balaban J connectivity index is 2.62. The molecule has 0 aliphatic rings. The highest BCUT2D eigenvalue weighted by Gasteiger charge is 2.20. The Morgan fingerprint density at radius 3 is 2.33 bits per heavy atom. The molecule has 0 bridgehead atoms. The second kappa shape index (κ2) is 7.42. The third-order valence-corrected chi connectivity index (χ3v) is 3.22. The van der Waals surface area contributed by atoms with Crippen molar-refractivity contribution in [3.63, 3.8) is 0 Å². The average Bonchev–Trinajstić information content (AvgIpc) is 2.38. The standard InChI is InChI=1S/C15H19NO5/c1-9-3-4-11(7-10(9)2)8-13(17)16-12(15(20)21)5-6-14(18)19/h3-4,7,12H,5-6,8H2,1-2H3,(H,16,17)(H,18,19)(H,20,21)/t12-/m0/s1. The number of hydrogen-bond acceptors (Lipinski definition) is 3. The molecule has 6 nitrogen and oxygen atoms in total. The highest BCUT2D eigenvalue weighted by molar-refractivity contribution is 5.85. The fourth-order valence-corrected chi connectivity index (χ4v) is 1.87. The predicted molar refractivity (Wildman–Crippen MR) is 76.1 cm³/mol. The summed E-state index contributed by atoms with van der Waals surface area (Å²) in [4.78, 5) is 33.3. The molecule has 0 saturated carbocycles. The number of amides is 1. The lowest BCUT2D eigenvalue weighted by Crippen LogP contribution is -2.41. The maximum Gasteiger partial charge on any atom is 0.326 e. The van der Waals surface area contributed by atoms with Gasteiger partial charge in [-0.2, -0.15) is 0 Å². The van der Waals surface area contributed by atoms with Gasteiger partial charge in [0.25, 0.3) is 0 Å². The van der Waals surface area contributed by atoms with Gasteiger partial charge in [0, 0.05) is 6.42 Å². The highest BCUT2D eigenvalue weighted by atomic mass is 16.4. The van der Waals surface area contributed by atoms with Gasteiger partial charge in [0.05, 0.1) is 6.42 Å². The number of benzene rings is 1. The summed E-state index contributed by atoms with van der Waals surface area (Å²) in [6.07, 6.45) is -0.373. The van der Waals surface area contributed by atoms with Crippen LogP contribution >= 0.6 is 0 Å². The number of aryl methyl sites for hydroxylation is 2. The number of aliphatic carboxylic acids is 2. The summed E-state index contributed by atoms with van der Waals surface area (Å²) in [7, 11) is 0. The van der Waals surface area contributed by atoms with Crippen molar-refractivity contribution in [3.05, 3.63) is 34.9 Å². The Hall–Kier alpha value is -2.37. The normalized spacial score (nSPS) is 11.7. The summed E-state index contributed by atoms with van der Waals surface area (Å²) in [5.74, 6) is -2.76. The number of rotatable bonds is 7. The van der Waals surface area contributed by atoms with Crippen LogP contribution in [0.2, 0.25) is 0 Å². The van der Waals surface area contributed by atoms with E-state index >= 15 is 0 Å². The van der Waals surface area contributed by atoms with Gasteiger partial charge in [-0.05, 0) is 37.0 Å². The number of hydrogen-bond donors (Lipinski definition) is 3. The van der Waals surface area contributed by atoms with Gasteiger partial charge in [-0.3, -0.25) is 9.59 Å². The number of carbonyl (C=O) groups is 3. The molecule has 0 fully saturated rings. The number of carboxylic acids is 2. The molecule has 0 aliphatic heterocycles. The fraction of sp³-hybridized carbons (Fsp3) is 0.400. The quantitative estimate of drug-likeness (QED) is 0.702. The first-order chi connectivity index (χ1) is 9.79. The van der Waals surface area contributed by atoms with Crippen LogP contribution in [0.25, 0.3) is 0 Å². The molecule has 0 spiro atoms. The van der Waals surface area contributed by atoms with Gasteiger partial charge in [0.2, 0.25) is 5.91 Å². The van der Waals surface area contributed by atoms with Gasteiger partial charge in [-0.1, -0.05) is 18.2 Å². The van der Waals surface area contributed by atoms with E-state index in [2.05, 4.69) is 5.32 Å². The molecule has 0 radical (unpaired) electrons. The zero-order valence-electron chi connectivity index (χ0n) is 12.0. The van der Waals surface area contributed by atoms with Gasteiger partial charge >= 0.3 is 11.9 Å². The summed E-state index contributed by atoms with van der Waals surface area (Å²) in [6, 6.07) is 4.41. The number of nitrogens with one attached hydrogen (secondary N) is 1. The maximum absolute atomic E-state index is 11.8. The molecule has 1 rings (SSSR count). The fourth-order valence-electron chi connectivity index (χ4n) is 1.87. The molecule has 0 heterocycles. The molecule has 6 heteroatoms. The summed E-state index contributed by atoms with van der Waals surface area (Å²) >= 11 is 0. The lowest BCUT2D eigenvalue weighted by Gasteiger charge is -2.13. The van der Waals surface area contributed by atoms with Gasteiger partial charge in [-0.15, -0.1) is 0 Å². The van der Waals surface area contributed by atoms with E-state index in [0.717, 1.165) is 16.7 Å². The van der Waals surface area contributed by atoms with Crippen LogP contribution in [0.15, 0.2) is 18.2 Å². The molecule has 0 aromatic heterocycles. The Bertz CT molecular complexity index is 553. The molecule has 0 aliphatic carbocycles. The SMILES string of the molecule is Cc1ccc(CC(=O)N[C@@H](CCC(=O)O)C(=O)O)cc1C. The van der Waals surface area contributed by atoms with Gasteiger partial charge in [0.15, 0.2) is 0 Å². The van der Waals surface area contributed by atoms with Gasteiger partial charge in [-0.25, -0.2) is 4.79 Å². The second-order valence-corrected chi connectivity index (χ2v) is 4.99. The maximum atomic E-state index is 11.8. The number of carbonyl (C=O) groups excluding carboxylic acids is 1. The third-order valence-electron chi connectivity index (χ3n) is 3.22. The first-order valence-corrected chi connectivity index (χ1v) is 6.59. The predicted octanol–water partition coefficient (Wildman–Crippen LogP) is 1.28. The molecule has 1 atom stereocenters. The molecular weight excluding hydrogens is 274 g/mol. The van der Waals surface area contributed by atoms with Crippen LogP contribution in [0.5, 0.6) is 0 Å². The molecule has 114 valence electrons. The summed E-state index contributed by atoms with van der Waals surface area (Å²) in [6.45, 7) is 3.90. The van der Waals surface area contributed by atoms with Gasteiger partial charge in [0.1, 0.15) is 6.04 Å². The zero-order chi connectivity index (χ0) is 16.0. The molecule has 1 amide bonds. The minimum absolute atomic E-state index is 0.0674. The first kappa shape index (κ1) is 16.7. The second-order valence-electron chi connectivity index (χ2n) is 4.99. The summed E-state index contributed by atoms with van der Waals surface area (Å²) in [5.41, 5.74) is 2.96. The Morgan fingerprint density at radius 2 is 1.81 bits per heavy atom. The van der Waals surface area contributed by atoms with Crippen molar-refractivity contribution in [2.24, 2.45) is 0 Å². The minimum atomic E-state index is -1.23. The zero-order valence-corrected chi connectivity index (χ0v) is 12.0. The van der Waals surface area contributed by atoms with E-state index in [1.807, 2.05) is 32.0 Å². The van der Waals surface area contributed by atoms with E-state index in [-0.39, 0.29) is 19.3 Å². The molecular formula is C15H19NO5. The molecule has 3 N–H and O–H groups in total. The van der Waals surface area contributed by atoms with Crippen LogP contribution in [0.3, 0.4) is 0 Å².